The van der Waals surface area contributed by atoms with Crippen LogP contribution in [0.1, 0.15) is 16.1 Å². The van der Waals surface area contributed by atoms with Crippen molar-refractivity contribution in [3.8, 4) is 0 Å². The maximum absolute atomic E-state index is 13.5. The number of benzene rings is 1. The van der Waals surface area contributed by atoms with Gasteiger partial charge in [0.05, 0.1) is 17.7 Å². The number of nitrogens with one attached hydrogen (secondary N) is 2. The van der Waals surface area contributed by atoms with Crippen LogP contribution < -0.4 is 10.6 Å². The van der Waals surface area contributed by atoms with Crippen molar-refractivity contribution in [2.24, 2.45) is 0 Å². The zero-order valence-corrected chi connectivity index (χ0v) is 10.9. The molecule has 19 heavy (non-hydrogen) atoms. The number of halogens is 2. The van der Waals surface area contributed by atoms with Gasteiger partial charge in [0.2, 0.25) is 0 Å². The van der Waals surface area contributed by atoms with Gasteiger partial charge >= 0.3 is 0 Å². The average molecular weight is 283 g/mol. The van der Waals surface area contributed by atoms with Crippen LogP contribution in [0.5, 0.6) is 0 Å². The fourth-order valence-electron chi connectivity index (χ4n) is 1.54. The number of aromatic nitrogens is 1. The maximum atomic E-state index is 13.5. The average Bonchev–Trinajstić information content (AvgIpc) is 2.88. The lowest BCUT2D eigenvalue weighted by Gasteiger charge is -2.07. The first kappa shape index (κ1) is 13.4. The molecule has 1 aromatic carbocycles. The SMILES string of the molecule is CNc1c(F)cc(C(=O)NCc2cscn2)cc1F. The van der Waals surface area contributed by atoms with Gasteiger partial charge in [-0.1, -0.05) is 0 Å². The van der Waals surface area contributed by atoms with Crippen LogP contribution in [0.3, 0.4) is 0 Å². The summed E-state index contributed by atoms with van der Waals surface area (Å²) in [5.74, 6) is -2.16. The predicted octanol–water partition coefficient (Wildman–Crippen LogP) is 2.39. The normalized spacial score (nSPS) is 10.3. The summed E-state index contributed by atoms with van der Waals surface area (Å²) in [6, 6.07) is 1.98. The van der Waals surface area contributed by atoms with Crippen LogP contribution in [0, 0.1) is 11.6 Å². The van der Waals surface area contributed by atoms with Crippen LogP contribution in [0.2, 0.25) is 0 Å². The molecule has 0 aliphatic rings. The fourth-order valence-corrected chi connectivity index (χ4v) is 2.10. The van der Waals surface area contributed by atoms with E-state index < -0.39 is 17.5 Å². The minimum absolute atomic E-state index is 0.0655. The lowest BCUT2D eigenvalue weighted by molar-refractivity contribution is 0.0949. The Bertz CT molecular complexity index is 564. The highest BCUT2D eigenvalue weighted by atomic mass is 32.1. The molecule has 1 amide bonds. The van der Waals surface area contributed by atoms with Crippen LogP contribution in [0.4, 0.5) is 14.5 Å². The van der Waals surface area contributed by atoms with Gasteiger partial charge in [-0.3, -0.25) is 4.79 Å². The smallest absolute Gasteiger partial charge is 0.251 e. The molecular weight excluding hydrogens is 272 g/mol. The fraction of sp³-hybridized carbons (Fsp3) is 0.167. The highest BCUT2D eigenvalue weighted by molar-refractivity contribution is 7.07. The molecule has 0 aliphatic carbocycles. The number of hydrogen-bond acceptors (Lipinski definition) is 4. The van der Waals surface area contributed by atoms with Crippen LogP contribution in [-0.4, -0.2) is 17.9 Å². The van der Waals surface area contributed by atoms with E-state index in [1.54, 1.807) is 10.9 Å². The van der Waals surface area contributed by atoms with Crippen molar-refractivity contribution in [3.05, 3.63) is 45.9 Å². The van der Waals surface area contributed by atoms with Crippen molar-refractivity contribution in [2.75, 3.05) is 12.4 Å². The minimum Gasteiger partial charge on any atom is -0.383 e. The van der Waals surface area contributed by atoms with Gasteiger partial charge in [-0.15, -0.1) is 11.3 Å². The van der Waals surface area contributed by atoms with Crippen molar-refractivity contribution in [2.45, 2.75) is 6.54 Å². The molecule has 0 aliphatic heterocycles. The summed E-state index contributed by atoms with van der Waals surface area (Å²) >= 11 is 1.41. The number of thiazole rings is 1. The van der Waals surface area contributed by atoms with Gasteiger partial charge in [0.25, 0.3) is 5.91 Å². The molecule has 2 N–H and O–H groups in total. The molecule has 0 radical (unpaired) electrons. The van der Waals surface area contributed by atoms with E-state index in [-0.39, 0.29) is 17.8 Å². The summed E-state index contributed by atoms with van der Waals surface area (Å²) in [7, 11) is 1.41. The first-order valence-electron chi connectivity index (χ1n) is 5.44. The van der Waals surface area contributed by atoms with Gasteiger partial charge in [-0.05, 0) is 12.1 Å². The molecule has 0 saturated heterocycles. The van der Waals surface area contributed by atoms with E-state index in [0.29, 0.717) is 5.69 Å². The van der Waals surface area contributed by atoms with Crippen molar-refractivity contribution in [3.63, 3.8) is 0 Å². The van der Waals surface area contributed by atoms with Crippen molar-refractivity contribution in [1.82, 2.24) is 10.3 Å². The Hall–Kier alpha value is -2.02. The molecule has 100 valence electrons. The summed E-state index contributed by atoms with van der Waals surface area (Å²) in [4.78, 5) is 15.7. The van der Waals surface area contributed by atoms with Gasteiger partial charge in [0, 0.05) is 18.0 Å². The molecule has 2 rings (SSSR count). The Balaban J connectivity index is 2.11. The van der Waals surface area contributed by atoms with E-state index in [1.807, 2.05) is 0 Å². The molecule has 0 atom stereocenters. The molecule has 0 unspecified atom stereocenters. The molecule has 4 nitrogen and oxygen atoms in total. The number of carbonyl (C=O) groups excluding carboxylic acids is 1. The summed E-state index contributed by atoms with van der Waals surface area (Å²) in [5.41, 5.74) is 2.02. The maximum Gasteiger partial charge on any atom is 0.251 e. The molecular formula is C12H11F2N3OS. The molecule has 0 spiro atoms. The van der Waals surface area contributed by atoms with Gasteiger partial charge in [-0.25, -0.2) is 13.8 Å². The Morgan fingerprint density at radius 1 is 1.37 bits per heavy atom. The molecule has 1 aromatic heterocycles. The summed E-state index contributed by atoms with van der Waals surface area (Å²) in [6.07, 6.45) is 0. The van der Waals surface area contributed by atoms with E-state index >= 15 is 0 Å². The van der Waals surface area contributed by atoms with E-state index in [9.17, 15) is 13.6 Å². The zero-order valence-electron chi connectivity index (χ0n) is 10.0. The lowest BCUT2D eigenvalue weighted by Crippen LogP contribution is -2.23. The number of anilines is 1. The van der Waals surface area contributed by atoms with Gasteiger partial charge in [0.1, 0.15) is 17.3 Å². The molecule has 0 saturated carbocycles. The zero-order chi connectivity index (χ0) is 13.8. The van der Waals surface area contributed by atoms with Crippen LogP contribution in [0.15, 0.2) is 23.0 Å². The standard InChI is InChI=1S/C12H11F2N3OS/c1-15-11-9(13)2-7(3-10(11)14)12(18)16-4-8-5-19-6-17-8/h2-3,5-6,15H,4H2,1H3,(H,16,18). The summed E-state index contributed by atoms with van der Waals surface area (Å²) in [5, 5.41) is 6.72. The van der Waals surface area contributed by atoms with Crippen molar-refractivity contribution in [1.29, 1.82) is 0 Å². The third kappa shape index (κ3) is 3.05. The minimum atomic E-state index is -0.804. The van der Waals surface area contributed by atoms with Gasteiger partial charge < -0.3 is 10.6 Å². The van der Waals surface area contributed by atoms with Gasteiger partial charge in [0.15, 0.2) is 0 Å². The van der Waals surface area contributed by atoms with Crippen LogP contribution in [0.25, 0.3) is 0 Å². The lowest BCUT2D eigenvalue weighted by atomic mass is 10.1. The predicted molar refractivity (Wildman–Crippen MR) is 69.2 cm³/mol. The topological polar surface area (TPSA) is 54.0 Å². The van der Waals surface area contributed by atoms with Crippen molar-refractivity contribution >= 4 is 22.9 Å². The monoisotopic (exact) mass is 283 g/mol. The molecule has 1 heterocycles. The Morgan fingerprint density at radius 2 is 2.05 bits per heavy atom. The largest absolute Gasteiger partial charge is 0.383 e. The molecule has 0 fully saturated rings. The third-order valence-electron chi connectivity index (χ3n) is 2.47. The second kappa shape index (κ2) is 5.75. The second-order valence-corrected chi connectivity index (χ2v) is 4.45. The van der Waals surface area contributed by atoms with E-state index in [1.165, 1.54) is 18.4 Å². The number of carbonyl (C=O) groups is 1. The number of nitrogens with zero attached hydrogens (tertiary/aromatic N) is 1. The first-order valence-corrected chi connectivity index (χ1v) is 6.38. The summed E-state index contributed by atoms with van der Waals surface area (Å²) < 4.78 is 27.0. The van der Waals surface area contributed by atoms with E-state index in [4.69, 9.17) is 0 Å². The van der Waals surface area contributed by atoms with E-state index in [0.717, 1.165) is 12.1 Å². The first-order chi connectivity index (χ1) is 9.11. The van der Waals surface area contributed by atoms with Crippen molar-refractivity contribution < 1.29 is 13.6 Å². The Morgan fingerprint density at radius 3 is 2.58 bits per heavy atom. The second-order valence-electron chi connectivity index (χ2n) is 3.73. The highest BCUT2D eigenvalue weighted by Gasteiger charge is 2.14. The molecule has 0 bridgehead atoms. The highest BCUT2D eigenvalue weighted by Crippen LogP contribution is 2.20. The quantitative estimate of drug-likeness (QED) is 0.906. The molecule has 2 aromatic rings. The van der Waals surface area contributed by atoms with E-state index in [2.05, 4.69) is 15.6 Å². The van der Waals surface area contributed by atoms with Crippen LogP contribution >= 0.6 is 11.3 Å². The number of amides is 1. The third-order valence-corrected chi connectivity index (χ3v) is 3.10. The molecule has 7 heteroatoms. The van der Waals surface area contributed by atoms with Gasteiger partial charge in [-0.2, -0.15) is 0 Å². The number of rotatable bonds is 4. The summed E-state index contributed by atoms with van der Waals surface area (Å²) in [6.45, 7) is 0.222. The Kier molecular flexibility index (Phi) is 4.06. The van der Waals surface area contributed by atoms with Crippen LogP contribution in [-0.2, 0) is 6.54 Å². The number of hydrogen-bond donors (Lipinski definition) is 2. The Labute approximate surface area is 112 Å².